The van der Waals surface area contributed by atoms with Crippen molar-refractivity contribution < 1.29 is 23.8 Å². The Labute approximate surface area is 51.7 Å². The van der Waals surface area contributed by atoms with Gasteiger partial charge in [0.05, 0.1) is 13.2 Å². The molecule has 1 fully saturated rings. The summed E-state index contributed by atoms with van der Waals surface area (Å²) in [6.45, 7) is 0.519. The zero-order valence-corrected chi connectivity index (χ0v) is 5.45. The molecule has 9 heavy (non-hydrogen) atoms. The van der Waals surface area contributed by atoms with Gasteiger partial charge in [0.2, 0.25) is 0 Å². The summed E-state index contributed by atoms with van der Waals surface area (Å²) in [4.78, 5) is 16.8. The SMILES string of the molecule is O=P(O)(O)C1OCCO1. The van der Waals surface area contributed by atoms with Crippen LogP contribution in [0.2, 0.25) is 0 Å². The van der Waals surface area contributed by atoms with E-state index in [1.807, 2.05) is 0 Å². The van der Waals surface area contributed by atoms with E-state index in [0.717, 1.165) is 0 Å². The van der Waals surface area contributed by atoms with Crippen LogP contribution in [0.3, 0.4) is 0 Å². The molecule has 0 saturated carbocycles. The molecular weight excluding hydrogens is 147 g/mol. The molecule has 1 heterocycles. The third-order valence-corrected chi connectivity index (χ3v) is 1.73. The van der Waals surface area contributed by atoms with E-state index in [1.54, 1.807) is 0 Å². The zero-order valence-electron chi connectivity index (χ0n) is 4.56. The third-order valence-electron chi connectivity index (χ3n) is 0.879. The van der Waals surface area contributed by atoms with Crippen LogP contribution in [0.25, 0.3) is 0 Å². The van der Waals surface area contributed by atoms with Crippen molar-refractivity contribution in [3.8, 4) is 0 Å². The number of hydrogen-bond donors (Lipinski definition) is 2. The highest BCUT2D eigenvalue weighted by molar-refractivity contribution is 7.52. The molecule has 0 aromatic heterocycles. The highest BCUT2D eigenvalue weighted by atomic mass is 31.2. The first-order valence-corrected chi connectivity index (χ1v) is 4.07. The lowest BCUT2D eigenvalue weighted by atomic mass is 10.8. The van der Waals surface area contributed by atoms with E-state index < -0.39 is 13.6 Å². The molecule has 0 spiro atoms. The Kier molecular flexibility index (Phi) is 1.88. The molecule has 5 nitrogen and oxygen atoms in total. The van der Waals surface area contributed by atoms with Crippen molar-refractivity contribution in [1.82, 2.24) is 0 Å². The summed E-state index contributed by atoms with van der Waals surface area (Å²) >= 11 is 0. The molecule has 54 valence electrons. The minimum absolute atomic E-state index is 0.260. The average Bonchev–Trinajstić information content (AvgIpc) is 2.08. The van der Waals surface area contributed by atoms with Gasteiger partial charge in [-0.25, -0.2) is 0 Å². The van der Waals surface area contributed by atoms with Gasteiger partial charge < -0.3 is 19.3 Å². The molecule has 0 aromatic carbocycles. The molecule has 0 bridgehead atoms. The van der Waals surface area contributed by atoms with Gasteiger partial charge in [0.15, 0.2) is 0 Å². The average molecular weight is 154 g/mol. The van der Waals surface area contributed by atoms with Gasteiger partial charge in [0.1, 0.15) is 0 Å². The van der Waals surface area contributed by atoms with Gasteiger partial charge in [-0.1, -0.05) is 0 Å². The number of rotatable bonds is 1. The summed E-state index contributed by atoms with van der Waals surface area (Å²) in [7, 11) is -4.16. The highest BCUT2D eigenvalue weighted by Crippen LogP contribution is 2.43. The lowest BCUT2D eigenvalue weighted by Crippen LogP contribution is -2.06. The van der Waals surface area contributed by atoms with Gasteiger partial charge in [0, 0.05) is 0 Å². The lowest BCUT2D eigenvalue weighted by Gasteiger charge is -2.08. The number of hydrogen-bond acceptors (Lipinski definition) is 3. The van der Waals surface area contributed by atoms with Gasteiger partial charge in [0.25, 0.3) is 6.03 Å². The predicted molar refractivity (Wildman–Crippen MR) is 27.7 cm³/mol. The van der Waals surface area contributed by atoms with Gasteiger partial charge in [-0.15, -0.1) is 0 Å². The van der Waals surface area contributed by atoms with E-state index in [9.17, 15) is 4.57 Å². The van der Waals surface area contributed by atoms with Crippen LogP contribution >= 0.6 is 7.60 Å². The molecule has 1 aliphatic rings. The Balaban J connectivity index is 2.52. The van der Waals surface area contributed by atoms with Crippen molar-refractivity contribution in [2.75, 3.05) is 13.2 Å². The summed E-state index contributed by atoms with van der Waals surface area (Å²) in [5.74, 6) is 0. The Morgan fingerprint density at radius 1 is 1.33 bits per heavy atom. The minimum Gasteiger partial charge on any atom is -0.340 e. The van der Waals surface area contributed by atoms with Crippen LogP contribution in [0.15, 0.2) is 0 Å². The Hall–Kier alpha value is 0.0700. The van der Waals surface area contributed by atoms with Gasteiger partial charge >= 0.3 is 7.60 Å². The summed E-state index contributed by atoms with van der Waals surface area (Å²) < 4.78 is 19.3. The normalized spacial score (nSPS) is 22.9. The highest BCUT2D eigenvalue weighted by Gasteiger charge is 2.33. The molecule has 1 rings (SSSR count). The van der Waals surface area contributed by atoms with Crippen LogP contribution in [0.4, 0.5) is 0 Å². The molecule has 0 aliphatic carbocycles. The third kappa shape index (κ3) is 1.74. The second-order valence-electron chi connectivity index (χ2n) is 1.64. The van der Waals surface area contributed by atoms with Crippen LogP contribution in [0.5, 0.6) is 0 Å². The van der Waals surface area contributed by atoms with E-state index in [1.165, 1.54) is 0 Å². The van der Waals surface area contributed by atoms with E-state index in [0.29, 0.717) is 0 Å². The number of ether oxygens (including phenoxy) is 2. The van der Waals surface area contributed by atoms with Crippen molar-refractivity contribution in [1.29, 1.82) is 0 Å². The maximum Gasteiger partial charge on any atom is 0.381 e. The van der Waals surface area contributed by atoms with Crippen molar-refractivity contribution in [3.05, 3.63) is 0 Å². The molecule has 1 aliphatic heterocycles. The fourth-order valence-corrected chi connectivity index (χ4v) is 1.14. The van der Waals surface area contributed by atoms with E-state index in [4.69, 9.17) is 9.79 Å². The fraction of sp³-hybridized carbons (Fsp3) is 1.00. The van der Waals surface area contributed by atoms with E-state index in [2.05, 4.69) is 9.47 Å². The molecule has 1 saturated heterocycles. The standard InChI is InChI=1S/C3H7O5P/c4-9(5,6)3-7-1-2-8-3/h3H,1-2H2,(H2,4,5,6). The fourth-order valence-electron chi connectivity index (χ4n) is 0.540. The molecule has 6 heteroatoms. The van der Waals surface area contributed by atoms with Gasteiger partial charge in [-0.05, 0) is 0 Å². The largest absolute Gasteiger partial charge is 0.381 e. The van der Waals surface area contributed by atoms with Crippen molar-refractivity contribution >= 4 is 7.60 Å². The second-order valence-corrected chi connectivity index (χ2v) is 3.24. The van der Waals surface area contributed by atoms with Gasteiger partial charge in [-0.3, -0.25) is 4.57 Å². The topological polar surface area (TPSA) is 76.0 Å². The smallest absolute Gasteiger partial charge is 0.340 e. The molecule has 2 N–H and O–H groups in total. The van der Waals surface area contributed by atoms with Crippen molar-refractivity contribution in [3.63, 3.8) is 0 Å². The van der Waals surface area contributed by atoms with Crippen LogP contribution in [-0.2, 0) is 14.0 Å². The summed E-state index contributed by atoms with van der Waals surface area (Å²) in [5, 5.41) is 0. The molecule has 0 unspecified atom stereocenters. The van der Waals surface area contributed by atoms with Gasteiger partial charge in [-0.2, -0.15) is 0 Å². The molecule has 0 atom stereocenters. The maximum absolute atomic E-state index is 10.3. The van der Waals surface area contributed by atoms with E-state index in [-0.39, 0.29) is 13.2 Å². The van der Waals surface area contributed by atoms with Crippen LogP contribution in [-0.4, -0.2) is 29.0 Å². The molecule has 0 aromatic rings. The summed E-state index contributed by atoms with van der Waals surface area (Å²) in [5.41, 5.74) is 0. The Morgan fingerprint density at radius 2 is 1.78 bits per heavy atom. The molecular formula is C3H7O5P. The molecule has 0 radical (unpaired) electrons. The summed E-state index contributed by atoms with van der Waals surface area (Å²) in [6.07, 6.45) is 0. The first kappa shape index (κ1) is 7.18. The minimum atomic E-state index is -4.16. The second kappa shape index (κ2) is 2.36. The van der Waals surface area contributed by atoms with Crippen LogP contribution in [0, 0.1) is 0 Å². The van der Waals surface area contributed by atoms with Crippen LogP contribution in [0.1, 0.15) is 0 Å². The quantitative estimate of drug-likeness (QED) is 0.497. The zero-order chi connectivity index (χ0) is 6.91. The maximum atomic E-state index is 10.3. The first-order chi connectivity index (χ1) is 4.11. The first-order valence-electron chi connectivity index (χ1n) is 2.39. The predicted octanol–water partition coefficient (Wildman–Crippen LogP) is -0.506. The Morgan fingerprint density at radius 3 is 2.00 bits per heavy atom. The van der Waals surface area contributed by atoms with Crippen LogP contribution < -0.4 is 0 Å². The summed E-state index contributed by atoms with van der Waals surface area (Å²) in [6, 6.07) is -1.32. The Bertz CT molecular complexity index is 133. The van der Waals surface area contributed by atoms with Crippen molar-refractivity contribution in [2.45, 2.75) is 6.03 Å². The monoisotopic (exact) mass is 154 g/mol. The lowest BCUT2D eigenvalue weighted by molar-refractivity contribution is 0.00540. The van der Waals surface area contributed by atoms with E-state index >= 15 is 0 Å². The van der Waals surface area contributed by atoms with Crippen molar-refractivity contribution in [2.24, 2.45) is 0 Å². The molecule has 0 amide bonds.